The second kappa shape index (κ2) is 5.55. The number of pyridine rings is 1. The van der Waals surface area contributed by atoms with Crippen LogP contribution >= 0.6 is 0 Å². The van der Waals surface area contributed by atoms with Crippen molar-refractivity contribution in [2.24, 2.45) is 0 Å². The summed E-state index contributed by atoms with van der Waals surface area (Å²) in [5, 5.41) is 14.6. The van der Waals surface area contributed by atoms with Gasteiger partial charge in [0.15, 0.2) is 0 Å². The Hall–Kier alpha value is -3.48. The third-order valence-corrected chi connectivity index (χ3v) is 3.97. The van der Waals surface area contributed by atoms with E-state index in [-0.39, 0.29) is 28.1 Å². The van der Waals surface area contributed by atoms with E-state index in [9.17, 15) is 14.3 Å². The van der Waals surface area contributed by atoms with Gasteiger partial charge in [0, 0.05) is 10.9 Å². The maximum absolute atomic E-state index is 13.3. The minimum Gasteiger partial charge on any atom is -0.506 e. The van der Waals surface area contributed by atoms with E-state index in [0.29, 0.717) is 5.82 Å². The van der Waals surface area contributed by atoms with Crippen LogP contribution in [0.3, 0.4) is 0 Å². The minimum atomic E-state index is -0.643. The molecule has 4 rings (SSSR count). The molecular formula is C18H12FN3O3. The molecule has 2 N–H and O–H groups in total. The van der Waals surface area contributed by atoms with E-state index in [1.54, 1.807) is 0 Å². The highest BCUT2D eigenvalue weighted by Gasteiger charge is 2.21. The maximum Gasteiger partial charge on any atom is 0.267 e. The van der Waals surface area contributed by atoms with Gasteiger partial charge in [-0.05, 0) is 30.7 Å². The number of benzene rings is 2. The van der Waals surface area contributed by atoms with Crippen LogP contribution in [0.4, 0.5) is 4.39 Å². The zero-order valence-electron chi connectivity index (χ0n) is 13.1. The van der Waals surface area contributed by atoms with Crippen LogP contribution in [0.25, 0.3) is 33.7 Å². The van der Waals surface area contributed by atoms with E-state index in [1.165, 1.54) is 12.1 Å². The van der Waals surface area contributed by atoms with Crippen molar-refractivity contribution in [2.75, 3.05) is 0 Å². The summed E-state index contributed by atoms with van der Waals surface area (Å²) in [4.78, 5) is 19.1. The van der Waals surface area contributed by atoms with Crippen LogP contribution in [0.1, 0.15) is 5.56 Å². The molecule has 0 fully saturated rings. The number of hydrogen-bond acceptors (Lipinski definition) is 5. The molecule has 124 valence electrons. The Morgan fingerprint density at radius 3 is 2.80 bits per heavy atom. The molecule has 4 aromatic rings. The lowest BCUT2D eigenvalue weighted by molar-refractivity contribution is 0.426. The van der Waals surface area contributed by atoms with Gasteiger partial charge in [-0.15, -0.1) is 0 Å². The molecular weight excluding hydrogens is 325 g/mol. The fourth-order valence-corrected chi connectivity index (χ4v) is 2.71. The van der Waals surface area contributed by atoms with Crippen molar-refractivity contribution < 1.29 is 14.0 Å². The molecule has 0 spiro atoms. The van der Waals surface area contributed by atoms with Gasteiger partial charge in [-0.3, -0.25) is 4.79 Å². The zero-order chi connectivity index (χ0) is 17.6. The van der Waals surface area contributed by atoms with Crippen molar-refractivity contribution in [3.8, 4) is 28.6 Å². The van der Waals surface area contributed by atoms with Gasteiger partial charge >= 0.3 is 0 Å². The van der Waals surface area contributed by atoms with Crippen LogP contribution in [0, 0.1) is 12.7 Å². The minimum absolute atomic E-state index is 0.108. The van der Waals surface area contributed by atoms with Crippen molar-refractivity contribution in [1.29, 1.82) is 0 Å². The molecule has 0 aliphatic rings. The highest BCUT2D eigenvalue weighted by Crippen LogP contribution is 2.32. The average molecular weight is 337 g/mol. The van der Waals surface area contributed by atoms with Crippen LogP contribution in [0.2, 0.25) is 0 Å². The molecule has 0 saturated carbocycles. The quantitative estimate of drug-likeness (QED) is 0.585. The number of aromatic nitrogens is 3. The molecule has 2 heterocycles. The summed E-state index contributed by atoms with van der Waals surface area (Å²) in [6.45, 7) is 1.90. The highest BCUT2D eigenvalue weighted by molar-refractivity contribution is 5.90. The smallest absolute Gasteiger partial charge is 0.267 e. The number of hydrogen-bond donors (Lipinski definition) is 2. The van der Waals surface area contributed by atoms with E-state index in [0.717, 1.165) is 17.2 Å². The number of fused-ring (bicyclic) bond motifs is 1. The first-order valence-electron chi connectivity index (χ1n) is 7.49. The predicted molar refractivity (Wildman–Crippen MR) is 89.7 cm³/mol. The Morgan fingerprint density at radius 2 is 2.00 bits per heavy atom. The summed E-state index contributed by atoms with van der Waals surface area (Å²) >= 11 is 0. The molecule has 0 saturated heterocycles. The van der Waals surface area contributed by atoms with E-state index in [2.05, 4.69) is 15.1 Å². The fourth-order valence-electron chi connectivity index (χ4n) is 2.71. The molecule has 0 aliphatic carbocycles. The molecule has 2 aromatic carbocycles. The predicted octanol–water partition coefficient (Wildman–Crippen LogP) is 3.40. The van der Waals surface area contributed by atoms with Gasteiger partial charge in [-0.2, -0.15) is 4.98 Å². The molecule has 0 atom stereocenters. The van der Waals surface area contributed by atoms with Gasteiger partial charge in [0.25, 0.3) is 11.4 Å². The van der Waals surface area contributed by atoms with E-state index >= 15 is 0 Å². The lowest BCUT2D eigenvalue weighted by Gasteiger charge is -2.04. The SMILES string of the molecule is Cc1ccccc1-c1noc(-c2c(O)c3ccc(F)cc3[nH]c2=O)n1. The number of nitrogens with one attached hydrogen (secondary N) is 1. The average Bonchev–Trinajstić information content (AvgIpc) is 3.04. The molecule has 0 unspecified atom stereocenters. The topological polar surface area (TPSA) is 92.0 Å². The van der Waals surface area contributed by atoms with Crippen molar-refractivity contribution >= 4 is 10.9 Å². The standard InChI is InChI=1S/C18H12FN3O3/c1-9-4-2-3-5-11(9)16-21-18(25-22-16)14-15(23)12-7-6-10(19)8-13(12)20-17(14)24/h2-8H,1H3,(H2,20,23,24). The Balaban J connectivity index is 1.90. The first kappa shape index (κ1) is 15.1. The lowest BCUT2D eigenvalue weighted by Crippen LogP contribution is -2.09. The van der Waals surface area contributed by atoms with E-state index in [4.69, 9.17) is 4.52 Å². The number of aromatic amines is 1. The third-order valence-electron chi connectivity index (χ3n) is 3.97. The van der Waals surface area contributed by atoms with Crippen LogP contribution in [-0.2, 0) is 0 Å². The Labute approximate surface area is 140 Å². The molecule has 7 heteroatoms. The van der Waals surface area contributed by atoms with E-state index in [1.807, 2.05) is 31.2 Å². The second-order valence-electron chi connectivity index (χ2n) is 5.61. The number of aryl methyl sites for hydroxylation is 1. The summed E-state index contributed by atoms with van der Waals surface area (Å²) in [6.07, 6.45) is 0. The Bertz CT molecular complexity index is 1160. The van der Waals surface area contributed by atoms with Crippen LogP contribution in [0.15, 0.2) is 51.8 Å². The van der Waals surface area contributed by atoms with Crippen LogP contribution in [0.5, 0.6) is 5.75 Å². The molecule has 0 bridgehead atoms. The second-order valence-corrected chi connectivity index (χ2v) is 5.61. The first-order valence-corrected chi connectivity index (χ1v) is 7.49. The number of rotatable bonds is 2. The maximum atomic E-state index is 13.3. The summed E-state index contributed by atoms with van der Waals surface area (Å²) in [6, 6.07) is 11.2. The highest BCUT2D eigenvalue weighted by atomic mass is 19.1. The van der Waals surface area contributed by atoms with Gasteiger partial charge < -0.3 is 14.6 Å². The molecule has 2 aromatic heterocycles. The van der Waals surface area contributed by atoms with Crippen molar-refractivity contribution in [3.05, 3.63) is 64.2 Å². The van der Waals surface area contributed by atoms with Crippen molar-refractivity contribution in [3.63, 3.8) is 0 Å². The molecule has 6 nitrogen and oxygen atoms in total. The fraction of sp³-hybridized carbons (Fsp3) is 0.0556. The van der Waals surface area contributed by atoms with Crippen molar-refractivity contribution in [1.82, 2.24) is 15.1 Å². The summed E-state index contributed by atoms with van der Waals surface area (Å²) in [5.74, 6) is -0.650. The number of H-pyrrole nitrogens is 1. The zero-order valence-corrected chi connectivity index (χ0v) is 13.1. The van der Waals surface area contributed by atoms with Gasteiger partial charge in [-0.1, -0.05) is 29.4 Å². The van der Waals surface area contributed by atoms with Gasteiger partial charge in [0.1, 0.15) is 17.1 Å². The van der Waals surface area contributed by atoms with Crippen LogP contribution < -0.4 is 5.56 Å². The van der Waals surface area contributed by atoms with Crippen LogP contribution in [-0.4, -0.2) is 20.2 Å². The number of aromatic hydroxyl groups is 1. The lowest BCUT2D eigenvalue weighted by atomic mass is 10.1. The number of halogens is 1. The van der Waals surface area contributed by atoms with Gasteiger partial charge in [0.2, 0.25) is 5.82 Å². The van der Waals surface area contributed by atoms with Gasteiger partial charge in [-0.25, -0.2) is 4.39 Å². The summed E-state index contributed by atoms with van der Waals surface area (Å²) < 4.78 is 18.5. The monoisotopic (exact) mass is 337 g/mol. The third kappa shape index (κ3) is 2.46. The molecule has 0 amide bonds. The summed E-state index contributed by atoms with van der Waals surface area (Å²) in [5.41, 5.74) is 1.10. The largest absolute Gasteiger partial charge is 0.506 e. The normalized spacial score (nSPS) is 11.1. The van der Waals surface area contributed by atoms with Crippen molar-refractivity contribution in [2.45, 2.75) is 6.92 Å². The Morgan fingerprint density at radius 1 is 1.20 bits per heavy atom. The summed E-state index contributed by atoms with van der Waals surface area (Å²) in [7, 11) is 0. The molecule has 25 heavy (non-hydrogen) atoms. The number of nitrogens with zero attached hydrogens (tertiary/aromatic N) is 2. The first-order chi connectivity index (χ1) is 12.0. The van der Waals surface area contributed by atoms with Gasteiger partial charge in [0.05, 0.1) is 5.52 Å². The Kier molecular flexibility index (Phi) is 3.35. The van der Waals surface area contributed by atoms with E-state index < -0.39 is 11.4 Å². The molecule has 0 radical (unpaired) electrons. The molecule has 0 aliphatic heterocycles.